The molecule has 1 N–H and O–H groups in total. The number of carbonyl (C=O) groups is 1. The molecule has 2 heterocycles. The summed E-state index contributed by atoms with van der Waals surface area (Å²) in [6.45, 7) is 5.48. The zero-order chi connectivity index (χ0) is 25.3. The number of hydrogen-bond donors (Lipinski definition) is 1. The van der Waals surface area contributed by atoms with E-state index in [-0.39, 0.29) is 18.7 Å². The van der Waals surface area contributed by atoms with Crippen LogP contribution < -0.4 is 10.2 Å². The maximum atomic E-state index is 14.7. The van der Waals surface area contributed by atoms with E-state index in [1.807, 2.05) is 24.3 Å². The lowest BCUT2D eigenvalue weighted by Gasteiger charge is -2.24. The molecule has 0 bridgehead atoms. The topological polar surface area (TPSA) is 80.2 Å². The Morgan fingerprint density at radius 2 is 1.83 bits per heavy atom. The largest absolute Gasteiger partial charge is 0.444 e. The Balaban J connectivity index is 1.66. The van der Waals surface area contributed by atoms with E-state index in [1.54, 1.807) is 25.7 Å². The van der Waals surface area contributed by atoms with Crippen molar-refractivity contribution in [2.45, 2.75) is 38.3 Å². The molecule has 1 aromatic heterocycles. The summed E-state index contributed by atoms with van der Waals surface area (Å²) in [4.78, 5) is 27.2. The first-order valence-electron chi connectivity index (χ1n) is 10.8. The summed E-state index contributed by atoms with van der Waals surface area (Å²) < 4.78 is 48.5. The van der Waals surface area contributed by atoms with Crippen molar-refractivity contribution in [3.05, 3.63) is 70.2 Å². The summed E-state index contributed by atoms with van der Waals surface area (Å²) >= 11 is 3.42. The number of rotatable bonds is 4. The molecule has 11 heteroatoms. The summed E-state index contributed by atoms with van der Waals surface area (Å²) in [5.41, 5.74) is -0.0550. The van der Waals surface area contributed by atoms with E-state index in [1.165, 1.54) is 6.33 Å². The van der Waals surface area contributed by atoms with Gasteiger partial charge in [-0.25, -0.2) is 27.9 Å². The highest BCUT2D eigenvalue weighted by atomic mass is 79.9. The van der Waals surface area contributed by atoms with Gasteiger partial charge in [0.2, 0.25) is 5.95 Å². The van der Waals surface area contributed by atoms with Gasteiger partial charge in [0.15, 0.2) is 17.5 Å². The standard InChI is InChI=1S/C24H23BrF3N5O2/c1-24(2,3)35-23(34)31-20-11-33(10-16(20)15-8-18(27)19(28)9-17(15)26)22-30-12-29-21(32-22)13-5-4-6-14(25)7-13/h4-9,12,16,20H,10-11H2,1-3H3,(H,31,34)/t16-,20+/m1/s1. The van der Waals surface area contributed by atoms with Gasteiger partial charge in [0.1, 0.15) is 17.7 Å². The molecule has 1 amide bonds. The number of carbonyl (C=O) groups excluding carboxylic acids is 1. The van der Waals surface area contributed by atoms with Crippen LogP contribution in [0.5, 0.6) is 0 Å². The number of hydrogen-bond acceptors (Lipinski definition) is 6. The number of alkyl carbamates (subject to hydrolysis) is 1. The Bertz CT molecular complexity index is 1250. The highest BCUT2D eigenvalue weighted by Gasteiger charge is 2.39. The SMILES string of the molecule is CC(C)(C)OC(=O)N[C@H]1CN(c2ncnc(-c3cccc(Br)c3)n2)C[C@@H]1c1cc(F)c(F)cc1F. The molecule has 7 nitrogen and oxygen atoms in total. The van der Waals surface area contributed by atoms with Gasteiger partial charge in [-0.05, 0) is 44.5 Å². The number of anilines is 1. The number of ether oxygens (including phenoxy) is 1. The molecule has 1 aliphatic rings. The van der Waals surface area contributed by atoms with Crippen molar-refractivity contribution >= 4 is 28.0 Å². The minimum atomic E-state index is -1.28. The summed E-state index contributed by atoms with van der Waals surface area (Å²) in [6, 6.07) is 8.07. The molecule has 1 aliphatic heterocycles. The van der Waals surface area contributed by atoms with Crippen molar-refractivity contribution < 1.29 is 22.7 Å². The molecular formula is C24H23BrF3N5O2. The highest BCUT2D eigenvalue weighted by Crippen LogP contribution is 2.33. The Morgan fingerprint density at radius 3 is 2.54 bits per heavy atom. The molecular weight excluding hydrogens is 527 g/mol. The van der Waals surface area contributed by atoms with Gasteiger partial charge >= 0.3 is 6.09 Å². The lowest BCUT2D eigenvalue weighted by Crippen LogP contribution is -2.43. The van der Waals surface area contributed by atoms with Crippen molar-refractivity contribution in [3.63, 3.8) is 0 Å². The van der Waals surface area contributed by atoms with Gasteiger partial charge in [-0.3, -0.25) is 0 Å². The van der Waals surface area contributed by atoms with Crippen molar-refractivity contribution in [1.29, 1.82) is 0 Å². The van der Waals surface area contributed by atoms with Crippen LogP contribution in [0.25, 0.3) is 11.4 Å². The average Bonchev–Trinajstić information content (AvgIpc) is 3.18. The highest BCUT2D eigenvalue weighted by molar-refractivity contribution is 9.10. The van der Waals surface area contributed by atoms with Crippen LogP contribution in [0.3, 0.4) is 0 Å². The Hall–Kier alpha value is -3.21. The molecule has 0 aliphatic carbocycles. The summed E-state index contributed by atoms with van der Waals surface area (Å²) in [5, 5.41) is 2.74. The van der Waals surface area contributed by atoms with Crippen molar-refractivity contribution in [1.82, 2.24) is 20.3 Å². The third kappa shape index (κ3) is 5.90. The molecule has 0 radical (unpaired) electrons. The maximum absolute atomic E-state index is 14.7. The molecule has 0 spiro atoms. The minimum Gasteiger partial charge on any atom is -0.444 e. The zero-order valence-electron chi connectivity index (χ0n) is 19.2. The predicted octanol–water partition coefficient (Wildman–Crippen LogP) is 5.22. The quantitative estimate of drug-likeness (QED) is 0.449. The number of nitrogens with one attached hydrogen (secondary N) is 1. The number of aromatic nitrogens is 3. The van der Waals surface area contributed by atoms with Gasteiger partial charge in [0, 0.05) is 35.1 Å². The fourth-order valence-corrected chi connectivity index (χ4v) is 4.32. The lowest BCUT2D eigenvalue weighted by atomic mass is 9.93. The van der Waals surface area contributed by atoms with E-state index in [9.17, 15) is 18.0 Å². The van der Waals surface area contributed by atoms with Crippen molar-refractivity contribution in [3.8, 4) is 11.4 Å². The third-order valence-corrected chi connectivity index (χ3v) is 5.88. The summed E-state index contributed by atoms with van der Waals surface area (Å²) in [5.74, 6) is -3.35. The van der Waals surface area contributed by atoms with Crippen LogP contribution in [0, 0.1) is 17.5 Å². The minimum absolute atomic E-state index is 0.0614. The Kier molecular flexibility index (Phi) is 6.98. The molecule has 3 aromatic rings. The van der Waals surface area contributed by atoms with E-state index in [0.717, 1.165) is 16.1 Å². The van der Waals surface area contributed by atoms with Crippen LogP contribution in [-0.2, 0) is 4.74 Å². The van der Waals surface area contributed by atoms with E-state index in [4.69, 9.17) is 4.74 Å². The molecule has 184 valence electrons. The maximum Gasteiger partial charge on any atom is 0.407 e. The van der Waals surface area contributed by atoms with Gasteiger partial charge in [-0.2, -0.15) is 4.98 Å². The van der Waals surface area contributed by atoms with Crippen molar-refractivity contribution in [2.24, 2.45) is 0 Å². The van der Waals surface area contributed by atoms with Crippen LogP contribution in [0.1, 0.15) is 32.3 Å². The number of halogens is 4. The normalized spacial score (nSPS) is 18.0. The van der Waals surface area contributed by atoms with Gasteiger partial charge < -0.3 is 15.0 Å². The van der Waals surface area contributed by atoms with Gasteiger partial charge in [0.25, 0.3) is 0 Å². The summed E-state index contributed by atoms with van der Waals surface area (Å²) in [7, 11) is 0. The monoisotopic (exact) mass is 549 g/mol. The number of amides is 1. The molecule has 2 atom stereocenters. The van der Waals surface area contributed by atoms with Gasteiger partial charge in [0.05, 0.1) is 6.04 Å². The van der Waals surface area contributed by atoms with E-state index in [2.05, 4.69) is 36.2 Å². The van der Waals surface area contributed by atoms with Gasteiger partial charge in [-0.1, -0.05) is 28.1 Å². The molecule has 2 aromatic carbocycles. The zero-order valence-corrected chi connectivity index (χ0v) is 20.8. The van der Waals surface area contributed by atoms with Crippen LogP contribution in [0.2, 0.25) is 0 Å². The second-order valence-electron chi connectivity index (χ2n) is 9.17. The van der Waals surface area contributed by atoms with Crippen LogP contribution in [0.4, 0.5) is 23.9 Å². The predicted molar refractivity (Wildman–Crippen MR) is 127 cm³/mol. The molecule has 1 saturated heterocycles. The summed E-state index contributed by atoms with van der Waals surface area (Å²) in [6.07, 6.45) is 0.656. The Labute approximate surface area is 208 Å². The molecule has 4 rings (SSSR count). The second-order valence-corrected chi connectivity index (χ2v) is 10.1. The fraction of sp³-hybridized carbons (Fsp3) is 0.333. The van der Waals surface area contributed by atoms with Gasteiger partial charge in [-0.15, -0.1) is 0 Å². The molecule has 35 heavy (non-hydrogen) atoms. The van der Waals surface area contributed by atoms with Crippen LogP contribution in [-0.4, -0.2) is 45.8 Å². The molecule has 1 fully saturated rings. The first-order chi connectivity index (χ1) is 16.5. The first-order valence-corrected chi connectivity index (χ1v) is 11.6. The fourth-order valence-electron chi connectivity index (χ4n) is 3.92. The molecule has 0 saturated carbocycles. The van der Waals surface area contributed by atoms with Crippen LogP contribution >= 0.6 is 15.9 Å². The van der Waals surface area contributed by atoms with Crippen LogP contribution in [0.15, 0.2) is 47.2 Å². The molecule has 0 unspecified atom stereocenters. The van der Waals surface area contributed by atoms with E-state index in [0.29, 0.717) is 17.8 Å². The van der Waals surface area contributed by atoms with Crippen molar-refractivity contribution in [2.75, 3.05) is 18.0 Å². The average molecular weight is 550 g/mol. The number of benzene rings is 2. The first kappa shape index (κ1) is 24.9. The Morgan fingerprint density at radius 1 is 1.09 bits per heavy atom. The van der Waals surface area contributed by atoms with E-state index < -0.39 is 41.1 Å². The lowest BCUT2D eigenvalue weighted by molar-refractivity contribution is 0.0504. The third-order valence-electron chi connectivity index (χ3n) is 5.39. The smallest absolute Gasteiger partial charge is 0.407 e. The second kappa shape index (κ2) is 9.80. The van der Waals surface area contributed by atoms with E-state index >= 15 is 0 Å². The number of nitrogens with zero attached hydrogens (tertiary/aromatic N) is 4.